The topological polar surface area (TPSA) is 46.9 Å². The summed E-state index contributed by atoms with van der Waals surface area (Å²) in [5.74, 6) is -0.979. The van der Waals surface area contributed by atoms with Gasteiger partial charge in [0.2, 0.25) is 11.7 Å². The van der Waals surface area contributed by atoms with E-state index >= 15 is 0 Å². The van der Waals surface area contributed by atoms with Crippen molar-refractivity contribution < 1.29 is 18.0 Å². The first kappa shape index (κ1) is 18.3. The first-order valence-corrected chi connectivity index (χ1v) is 8.00. The fourth-order valence-corrected chi connectivity index (χ4v) is 2.57. The van der Waals surface area contributed by atoms with E-state index in [0.29, 0.717) is 11.4 Å². The molecule has 2 rings (SSSR count). The highest BCUT2D eigenvalue weighted by atomic mass is 19.4. The van der Waals surface area contributed by atoms with Gasteiger partial charge in [-0.05, 0) is 37.8 Å². The van der Waals surface area contributed by atoms with E-state index in [-0.39, 0.29) is 11.6 Å². The molecule has 132 valence electrons. The molecular formula is C17H22F3N3O. The molecule has 24 heavy (non-hydrogen) atoms. The van der Waals surface area contributed by atoms with Gasteiger partial charge in [-0.3, -0.25) is 4.79 Å². The zero-order valence-electron chi connectivity index (χ0n) is 14.0. The average Bonchev–Trinajstić information content (AvgIpc) is 2.84. The molecule has 0 saturated carbocycles. The van der Waals surface area contributed by atoms with Crippen molar-refractivity contribution >= 4 is 16.9 Å². The van der Waals surface area contributed by atoms with Gasteiger partial charge >= 0.3 is 6.18 Å². The molecule has 7 heteroatoms. The van der Waals surface area contributed by atoms with Crippen LogP contribution in [0.25, 0.3) is 11.0 Å². The van der Waals surface area contributed by atoms with E-state index in [0.717, 1.165) is 17.4 Å². The Labute approximate surface area is 139 Å². The summed E-state index contributed by atoms with van der Waals surface area (Å²) in [6.07, 6.45) is -2.87. The number of fused-ring (bicyclic) bond motifs is 1. The molecule has 1 atom stereocenters. The number of halogens is 3. The summed E-state index contributed by atoms with van der Waals surface area (Å²) >= 11 is 0. The number of para-hydroxylation sites is 2. The van der Waals surface area contributed by atoms with Crippen molar-refractivity contribution in [3.05, 3.63) is 30.1 Å². The summed E-state index contributed by atoms with van der Waals surface area (Å²) in [7, 11) is 0. The number of hydrogen-bond acceptors (Lipinski definition) is 2. The Bertz CT molecular complexity index is 707. The van der Waals surface area contributed by atoms with Gasteiger partial charge in [0.1, 0.15) is 6.54 Å². The van der Waals surface area contributed by atoms with Crippen LogP contribution >= 0.6 is 0 Å². The molecule has 1 heterocycles. The van der Waals surface area contributed by atoms with Crippen molar-refractivity contribution in [2.75, 3.05) is 0 Å². The van der Waals surface area contributed by atoms with Crippen LogP contribution in [0.2, 0.25) is 0 Å². The minimum Gasteiger partial charge on any atom is -0.352 e. The normalized spacial score (nSPS) is 13.5. The first-order chi connectivity index (χ1) is 11.2. The number of carbonyl (C=O) groups excluding carboxylic acids is 1. The molecule has 0 fully saturated rings. The van der Waals surface area contributed by atoms with E-state index in [2.05, 4.69) is 24.1 Å². The molecule has 1 amide bonds. The van der Waals surface area contributed by atoms with Crippen molar-refractivity contribution in [1.29, 1.82) is 0 Å². The fourth-order valence-electron chi connectivity index (χ4n) is 2.57. The molecule has 0 saturated heterocycles. The van der Waals surface area contributed by atoms with Crippen LogP contribution in [0, 0.1) is 5.92 Å². The molecular weight excluding hydrogens is 319 g/mol. The number of amides is 1. The second kappa shape index (κ2) is 7.23. The van der Waals surface area contributed by atoms with Crippen molar-refractivity contribution in [2.24, 2.45) is 5.92 Å². The summed E-state index contributed by atoms with van der Waals surface area (Å²) in [6.45, 7) is 5.63. The van der Waals surface area contributed by atoms with Gasteiger partial charge in [-0.1, -0.05) is 26.0 Å². The zero-order valence-corrected chi connectivity index (χ0v) is 14.0. The number of nitrogens with one attached hydrogen (secondary N) is 1. The van der Waals surface area contributed by atoms with Crippen LogP contribution in [-0.4, -0.2) is 21.5 Å². The standard InChI is InChI=1S/C17H22F3N3O/c1-11(2)8-9-12(3)21-15(24)10-23-14-7-5-4-6-13(14)22-16(23)17(18,19)20/h4-7,11-12H,8-10H2,1-3H3,(H,21,24). The smallest absolute Gasteiger partial charge is 0.352 e. The molecule has 1 N–H and O–H groups in total. The number of rotatable bonds is 6. The van der Waals surface area contributed by atoms with Crippen LogP contribution in [0.1, 0.15) is 39.4 Å². The number of aromatic nitrogens is 2. The Morgan fingerprint density at radius 1 is 1.21 bits per heavy atom. The molecule has 1 unspecified atom stereocenters. The van der Waals surface area contributed by atoms with Crippen molar-refractivity contribution in [3.63, 3.8) is 0 Å². The van der Waals surface area contributed by atoms with Crippen LogP contribution < -0.4 is 5.32 Å². The highest BCUT2D eigenvalue weighted by molar-refractivity contribution is 5.81. The molecule has 0 radical (unpaired) electrons. The Kier molecular flexibility index (Phi) is 5.51. The number of hydrogen-bond donors (Lipinski definition) is 1. The van der Waals surface area contributed by atoms with Crippen LogP contribution in [-0.2, 0) is 17.5 Å². The lowest BCUT2D eigenvalue weighted by Gasteiger charge is -2.16. The third kappa shape index (κ3) is 4.49. The number of imidazole rings is 1. The summed E-state index contributed by atoms with van der Waals surface area (Å²) in [4.78, 5) is 15.8. The third-order valence-electron chi connectivity index (χ3n) is 3.79. The summed E-state index contributed by atoms with van der Waals surface area (Å²) in [5, 5.41) is 2.76. The van der Waals surface area contributed by atoms with E-state index in [9.17, 15) is 18.0 Å². The summed E-state index contributed by atoms with van der Waals surface area (Å²) in [5.41, 5.74) is 0.528. The van der Waals surface area contributed by atoms with Gasteiger partial charge in [-0.25, -0.2) is 4.98 Å². The number of alkyl halides is 3. The van der Waals surface area contributed by atoms with Gasteiger partial charge < -0.3 is 9.88 Å². The average molecular weight is 341 g/mol. The SMILES string of the molecule is CC(C)CCC(C)NC(=O)Cn1c(C(F)(F)F)nc2ccccc21. The lowest BCUT2D eigenvalue weighted by molar-refractivity contribution is -0.147. The molecule has 0 aliphatic carbocycles. The van der Waals surface area contributed by atoms with Crippen molar-refractivity contribution in [2.45, 2.75) is 52.4 Å². The molecule has 0 spiro atoms. The Morgan fingerprint density at radius 2 is 1.88 bits per heavy atom. The quantitative estimate of drug-likeness (QED) is 0.863. The van der Waals surface area contributed by atoms with E-state index < -0.39 is 24.5 Å². The lowest BCUT2D eigenvalue weighted by Crippen LogP contribution is -2.36. The van der Waals surface area contributed by atoms with Crippen molar-refractivity contribution in [3.8, 4) is 0 Å². The summed E-state index contributed by atoms with van der Waals surface area (Å²) in [6, 6.07) is 6.21. The second-order valence-electron chi connectivity index (χ2n) is 6.45. The van der Waals surface area contributed by atoms with Gasteiger partial charge in [-0.2, -0.15) is 13.2 Å². The second-order valence-corrected chi connectivity index (χ2v) is 6.45. The number of benzene rings is 1. The predicted molar refractivity (Wildman–Crippen MR) is 86.4 cm³/mol. The first-order valence-electron chi connectivity index (χ1n) is 8.00. The fraction of sp³-hybridized carbons (Fsp3) is 0.529. The van der Waals surface area contributed by atoms with E-state index in [1.54, 1.807) is 12.1 Å². The van der Waals surface area contributed by atoms with Crippen LogP contribution in [0.3, 0.4) is 0 Å². The van der Waals surface area contributed by atoms with Gasteiger partial charge in [0.15, 0.2) is 0 Å². The molecule has 1 aromatic carbocycles. The molecule has 4 nitrogen and oxygen atoms in total. The number of nitrogens with zero attached hydrogens (tertiary/aromatic N) is 2. The minimum atomic E-state index is -4.61. The third-order valence-corrected chi connectivity index (χ3v) is 3.79. The maximum Gasteiger partial charge on any atom is 0.449 e. The van der Waals surface area contributed by atoms with E-state index in [1.165, 1.54) is 12.1 Å². The highest BCUT2D eigenvalue weighted by Crippen LogP contribution is 2.31. The Morgan fingerprint density at radius 3 is 2.50 bits per heavy atom. The monoisotopic (exact) mass is 341 g/mol. The highest BCUT2D eigenvalue weighted by Gasteiger charge is 2.38. The lowest BCUT2D eigenvalue weighted by atomic mass is 10.0. The molecule has 0 aliphatic rings. The van der Waals surface area contributed by atoms with Gasteiger partial charge in [0.05, 0.1) is 11.0 Å². The molecule has 0 aliphatic heterocycles. The van der Waals surface area contributed by atoms with Crippen LogP contribution in [0.5, 0.6) is 0 Å². The van der Waals surface area contributed by atoms with Crippen LogP contribution in [0.15, 0.2) is 24.3 Å². The van der Waals surface area contributed by atoms with Crippen LogP contribution in [0.4, 0.5) is 13.2 Å². The largest absolute Gasteiger partial charge is 0.449 e. The maximum absolute atomic E-state index is 13.2. The molecule has 0 bridgehead atoms. The summed E-state index contributed by atoms with van der Waals surface area (Å²) < 4.78 is 40.5. The van der Waals surface area contributed by atoms with Gasteiger partial charge in [0.25, 0.3) is 0 Å². The molecule has 2 aromatic rings. The Hall–Kier alpha value is -2.05. The molecule has 1 aromatic heterocycles. The minimum absolute atomic E-state index is 0.0796. The van der Waals surface area contributed by atoms with E-state index in [1.807, 2.05) is 6.92 Å². The van der Waals surface area contributed by atoms with Crippen molar-refractivity contribution in [1.82, 2.24) is 14.9 Å². The van der Waals surface area contributed by atoms with Gasteiger partial charge in [-0.15, -0.1) is 0 Å². The number of carbonyl (C=O) groups is 1. The van der Waals surface area contributed by atoms with E-state index in [4.69, 9.17) is 0 Å². The Balaban J connectivity index is 2.18. The predicted octanol–water partition coefficient (Wildman–Crippen LogP) is 4.00. The van der Waals surface area contributed by atoms with Gasteiger partial charge in [0, 0.05) is 6.04 Å². The maximum atomic E-state index is 13.2. The zero-order chi connectivity index (χ0) is 17.9.